The van der Waals surface area contributed by atoms with Gasteiger partial charge in [0, 0.05) is 30.0 Å². The zero-order valence-corrected chi connectivity index (χ0v) is 27.3. The van der Waals surface area contributed by atoms with Crippen LogP contribution >= 0.6 is 15.9 Å². The fraction of sp³-hybridized carbons (Fsp3) is 0.273. The molecule has 7 rings (SSSR count). The van der Waals surface area contributed by atoms with E-state index in [9.17, 15) is 17.6 Å². The molecular formula is C33H31BrFN5O5S. The number of rotatable bonds is 8. The van der Waals surface area contributed by atoms with Crippen LogP contribution in [0.25, 0.3) is 16.6 Å². The van der Waals surface area contributed by atoms with Crippen molar-refractivity contribution in [3.8, 4) is 22.9 Å². The number of aryl methyl sites for hydroxylation is 1. The zero-order chi connectivity index (χ0) is 32.2. The number of hydrogen-bond donors (Lipinski definition) is 2. The van der Waals surface area contributed by atoms with Crippen LogP contribution in [-0.2, 0) is 9.84 Å². The number of likely N-dealkylation sites (tertiary alicyclic amines) is 1. The van der Waals surface area contributed by atoms with Gasteiger partial charge in [0.05, 0.1) is 39.1 Å². The number of sulfone groups is 1. The molecule has 0 radical (unpaired) electrons. The number of halogens is 2. The third kappa shape index (κ3) is 5.90. The summed E-state index contributed by atoms with van der Waals surface area (Å²) in [5.41, 5.74) is 9.16. The second-order valence-corrected chi connectivity index (χ2v) is 14.8. The predicted molar refractivity (Wildman–Crippen MR) is 176 cm³/mol. The van der Waals surface area contributed by atoms with Crippen molar-refractivity contribution < 1.29 is 27.1 Å². The number of carbonyl (C=O) groups is 1. The number of piperidine rings is 1. The van der Waals surface area contributed by atoms with E-state index in [2.05, 4.69) is 30.9 Å². The van der Waals surface area contributed by atoms with Crippen LogP contribution in [0.3, 0.4) is 0 Å². The van der Waals surface area contributed by atoms with Gasteiger partial charge in [-0.3, -0.25) is 9.69 Å². The van der Waals surface area contributed by atoms with Crippen LogP contribution in [0.5, 0.6) is 17.2 Å². The highest BCUT2D eigenvalue weighted by molar-refractivity contribution is 9.10. The molecule has 10 nitrogen and oxygen atoms in total. The van der Waals surface area contributed by atoms with Crippen molar-refractivity contribution in [3.63, 3.8) is 0 Å². The third-order valence-electron chi connectivity index (χ3n) is 8.61. The molecule has 3 N–H and O–H groups in total. The normalized spacial score (nSPS) is 17.2. The summed E-state index contributed by atoms with van der Waals surface area (Å²) < 4.78 is 51.5. The summed E-state index contributed by atoms with van der Waals surface area (Å²) in [5, 5.41) is 5.19. The minimum absolute atomic E-state index is 0.0103. The molecule has 13 heteroatoms. The number of ketones is 1. The Hall–Kier alpha value is -4.20. The number of ether oxygens (including phenoxy) is 2. The van der Waals surface area contributed by atoms with Gasteiger partial charge >= 0.3 is 0 Å². The Morgan fingerprint density at radius 1 is 1.04 bits per heavy atom. The van der Waals surface area contributed by atoms with Gasteiger partial charge in [-0.1, -0.05) is 12.1 Å². The van der Waals surface area contributed by atoms with Crippen molar-refractivity contribution >= 4 is 48.3 Å². The highest BCUT2D eigenvalue weighted by Crippen LogP contribution is 2.34. The molecule has 0 spiro atoms. The second kappa shape index (κ2) is 11.9. The number of H-pyrrole nitrogens is 1. The minimum Gasteiger partial charge on any atom is -0.489 e. The van der Waals surface area contributed by atoms with Gasteiger partial charge in [-0.2, -0.15) is 5.10 Å². The number of benzene rings is 3. The van der Waals surface area contributed by atoms with E-state index < -0.39 is 15.7 Å². The van der Waals surface area contributed by atoms with E-state index in [0.717, 1.165) is 46.9 Å². The van der Waals surface area contributed by atoms with Gasteiger partial charge in [0.1, 0.15) is 23.4 Å². The molecule has 2 saturated heterocycles. The lowest BCUT2D eigenvalue weighted by atomic mass is 10.1. The first-order chi connectivity index (χ1) is 22.0. The summed E-state index contributed by atoms with van der Waals surface area (Å²) in [5.74, 6) is 1.22. The van der Waals surface area contributed by atoms with Crippen LogP contribution in [0.15, 0.2) is 71.3 Å². The van der Waals surface area contributed by atoms with E-state index in [1.165, 1.54) is 16.9 Å². The second-order valence-electron chi connectivity index (χ2n) is 11.8. The Kier molecular flexibility index (Phi) is 7.86. The molecule has 0 aliphatic carbocycles. The first-order valence-electron chi connectivity index (χ1n) is 14.9. The maximum atomic E-state index is 14.1. The molecule has 0 saturated carbocycles. The average molecular weight is 709 g/mol. The highest BCUT2D eigenvalue weighted by Gasteiger charge is 2.39. The fourth-order valence-electron chi connectivity index (χ4n) is 6.04. The molecule has 5 aromatic rings. The van der Waals surface area contributed by atoms with Crippen molar-refractivity contribution in [1.82, 2.24) is 19.7 Å². The van der Waals surface area contributed by atoms with Gasteiger partial charge in [0.15, 0.2) is 21.4 Å². The molecule has 0 atom stereocenters. The molecular weight excluding hydrogens is 677 g/mol. The number of nitrogens with two attached hydrogens (primary N) is 1. The van der Waals surface area contributed by atoms with E-state index in [4.69, 9.17) is 15.2 Å². The summed E-state index contributed by atoms with van der Waals surface area (Å²) in [4.78, 5) is 19.0. The van der Waals surface area contributed by atoms with E-state index in [1.807, 2.05) is 19.1 Å². The first-order valence-corrected chi connectivity index (χ1v) is 17.5. The largest absolute Gasteiger partial charge is 0.489 e. The van der Waals surface area contributed by atoms with Crippen molar-refractivity contribution in [2.75, 3.05) is 30.3 Å². The Balaban J connectivity index is 1.05. The summed E-state index contributed by atoms with van der Waals surface area (Å²) in [6, 6.07) is 17.1. The molecule has 2 fully saturated rings. The minimum atomic E-state index is -2.85. The van der Waals surface area contributed by atoms with E-state index in [0.29, 0.717) is 22.9 Å². The van der Waals surface area contributed by atoms with Gasteiger partial charge in [-0.05, 0) is 89.8 Å². The lowest BCUT2D eigenvalue weighted by molar-refractivity contribution is 0.0819. The number of nitrogens with zero attached hydrogens (tertiary/aromatic N) is 3. The van der Waals surface area contributed by atoms with Crippen molar-refractivity contribution in [1.29, 1.82) is 0 Å². The Morgan fingerprint density at radius 3 is 2.52 bits per heavy atom. The fourth-order valence-corrected chi connectivity index (χ4v) is 7.98. The number of aromatic nitrogens is 3. The number of aromatic amines is 1. The van der Waals surface area contributed by atoms with Crippen LogP contribution in [0.1, 0.15) is 34.5 Å². The number of para-hydroxylation sites is 1. The van der Waals surface area contributed by atoms with Crippen LogP contribution < -0.4 is 15.2 Å². The predicted octanol–water partition coefficient (Wildman–Crippen LogP) is 5.81. The van der Waals surface area contributed by atoms with Crippen LogP contribution in [-0.4, -0.2) is 70.6 Å². The SMILES string of the molecule is Cc1cc(-n2ncc(C(=O)c3cc4cc(OC5CCN(C6CS(=O)(=O)C6)CC5)c(Br)cc4[nH]3)c2N)ccc1Oc1ccccc1F. The van der Waals surface area contributed by atoms with Crippen LogP contribution in [0.4, 0.5) is 10.2 Å². The molecule has 0 bridgehead atoms. The van der Waals surface area contributed by atoms with Gasteiger partial charge < -0.3 is 20.2 Å². The maximum Gasteiger partial charge on any atom is 0.214 e. The first kappa shape index (κ1) is 30.5. The number of anilines is 1. The summed E-state index contributed by atoms with van der Waals surface area (Å²) in [6.07, 6.45) is 3.07. The number of hydrogen-bond acceptors (Lipinski definition) is 8. The standard InChI is InChI=1S/C33H31BrFN5O5S/c1-19-12-21(6-7-29(19)45-30-5-3-2-4-26(30)35)40-33(36)24(16-37-40)32(41)28-13-20-14-31(25(34)15-27(20)38-28)44-23-8-10-39(11-9-23)22-17-46(42,43)18-22/h2-7,12-16,22-23,38H,8-11,17-18,36H2,1H3. The smallest absolute Gasteiger partial charge is 0.214 e. The highest BCUT2D eigenvalue weighted by atomic mass is 79.9. The molecule has 0 amide bonds. The third-order valence-corrected chi connectivity index (χ3v) is 11.0. The van der Waals surface area contributed by atoms with Crippen molar-refractivity contribution in [3.05, 3.63) is 94.0 Å². The lowest BCUT2D eigenvalue weighted by Crippen LogP contribution is -2.56. The van der Waals surface area contributed by atoms with E-state index in [1.54, 1.807) is 42.5 Å². The molecule has 0 unspecified atom stereocenters. The van der Waals surface area contributed by atoms with Gasteiger partial charge in [0.2, 0.25) is 5.78 Å². The Labute approximate surface area is 273 Å². The Morgan fingerprint density at radius 2 is 1.80 bits per heavy atom. The maximum absolute atomic E-state index is 14.1. The van der Waals surface area contributed by atoms with Crippen molar-refractivity contribution in [2.24, 2.45) is 0 Å². The zero-order valence-electron chi connectivity index (χ0n) is 24.9. The van der Waals surface area contributed by atoms with Gasteiger partial charge in [-0.25, -0.2) is 17.5 Å². The molecule has 46 heavy (non-hydrogen) atoms. The van der Waals surface area contributed by atoms with Crippen LogP contribution in [0.2, 0.25) is 0 Å². The number of fused-ring (bicyclic) bond motifs is 1. The van der Waals surface area contributed by atoms with E-state index in [-0.39, 0.29) is 46.6 Å². The quantitative estimate of drug-likeness (QED) is 0.193. The lowest BCUT2D eigenvalue weighted by Gasteiger charge is -2.41. The van der Waals surface area contributed by atoms with Gasteiger partial charge in [0.25, 0.3) is 0 Å². The van der Waals surface area contributed by atoms with E-state index >= 15 is 0 Å². The molecule has 4 heterocycles. The number of nitrogens with one attached hydrogen (secondary N) is 1. The molecule has 2 aromatic heterocycles. The van der Waals surface area contributed by atoms with Crippen molar-refractivity contribution in [2.45, 2.75) is 31.9 Å². The van der Waals surface area contributed by atoms with Crippen LogP contribution in [0, 0.1) is 12.7 Å². The average Bonchev–Trinajstić information content (AvgIpc) is 3.61. The Bertz CT molecular complexity index is 2080. The molecule has 2 aliphatic rings. The summed E-state index contributed by atoms with van der Waals surface area (Å²) >= 11 is 3.61. The summed E-state index contributed by atoms with van der Waals surface area (Å²) in [6.45, 7) is 3.43. The van der Waals surface area contributed by atoms with Gasteiger partial charge in [-0.15, -0.1) is 0 Å². The number of carbonyl (C=O) groups excluding carboxylic acids is 1. The molecule has 238 valence electrons. The topological polar surface area (TPSA) is 133 Å². The molecule has 2 aliphatic heterocycles. The molecule has 3 aromatic carbocycles. The number of nitrogen functional groups attached to an aromatic ring is 1. The summed E-state index contributed by atoms with van der Waals surface area (Å²) in [7, 11) is -2.85. The monoisotopic (exact) mass is 707 g/mol.